The van der Waals surface area contributed by atoms with Crippen LogP contribution >= 0.6 is 0 Å². The molecule has 0 bridgehead atoms. The van der Waals surface area contributed by atoms with E-state index < -0.39 is 0 Å². The number of H-pyrrole nitrogens is 1. The summed E-state index contributed by atoms with van der Waals surface area (Å²) < 4.78 is 0. The molecular weight excluding hydrogens is 354 g/mol. The molecule has 7 nitrogen and oxygen atoms in total. The molecule has 2 amide bonds. The quantitative estimate of drug-likeness (QED) is 0.829. The zero-order valence-corrected chi connectivity index (χ0v) is 16.6. The molecule has 0 saturated carbocycles. The maximum absolute atomic E-state index is 13.1. The summed E-state index contributed by atoms with van der Waals surface area (Å²) in [5, 5.41) is 7.83. The van der Waals surface area contributed by atoms with E-state index in [9.17, 15) is 9.59 Å². The van der Waals surface area contributed by atoms with Crippen molar-refractivity contribution in [2.75, 3.05) is 26.2 Å². The molecule has 3 N–H and O–H groups in total. The first kappa shape index (κ1) is 18.9. The number of aromatic nitrogens is 2. The standard InChI is InChI=1S/C21H29N5O2/c1-21(2)13-26(9-7-18(21)22)20(28)15-4-3-8-25(12-15)19(27)14-5-6-17-16(10-14)11-23-24-17/h5-6,10-11,15,18H,3-4,7-9,12-13,22H2,1-2H3,(H,23,24). The van der Waals surface area contributed by atoms with Gasteiger partial charge in [-0.3, -0.25) is 14.7 Å². The molecule has 2 fully saturated rings. The number of benzene rings is 1. The number of nitrogens with one attached hydrogen (secondary N) is 1. The van der Waals surface area contributed by atoms with E-state index in [-0.39, 0.29) is 29.2 Å². The minimum absolute atomic E-state index is 0.0124. The molecule has 2 aliphatic heterocycles. The van der Waals surface area contributed by atoms with Gasteiger partial charge in [0.25, 0.3) is 5.91 Å². The van der Waals surface area contributed by atoms with Crippen LogP contribution in [0.4, 0.5) is 0 Å². The van der Waals surface area contributed by atoms with Gasteiger partial charge < -0.3 is 15.5 Å². The molecule has 2 aliphatic rings. The van der Waals surface area contributed by atoms with E-state index >= 15 is 0 Å². The Balaban J connectivity index is 1.45. The van der Waals surface area contributed by atoms with Crippen molar-refractivity contribution < 1.29 is 9.59 Å². The van der Waals surface area contributed by atoms with Gasteiger partial charge in [-0.1, -0.05) is 13.8 Å². The largest absolute Gasteiger partial charge is 0.342 e. The van der Waals surface area contributed by atoms with Gasteiger partial charge in [0.05, 0.1) is 17.6 Å². The van der Waals surface area contributed by atoms with Crippen LogP contribution in [0.2, 0.25) is 0 Å². The van der Waals surface area contributed by atoms with Crippen LogP contribution in [0, 0.1) is 11.3 Å². The lowest BCUT2D eigenvalue weighted by molar-refractivity contribution is -0.140. The molecule has 0 aliphatic carbocycles. The maximum Gasteiger partial charge on any atom is 0.253 e. The van der Waals surface area contributed by atoms with Crippen LogP contribution in [0.15, 0.2) is 24.4 Å². The molecule has 4 rings (SSSR count). The highest BCUT2D eigenvalue weighted by atomic mass is 16.2. The Hall–Kier alpha value is -2.41. The van der Waals surface area contributed by atoms with Crippen LogP contribution in [0.1, 0.15) is 43.5 Å². The van der Waals surface area contributed by atoms with Crippen molar-refractivity contribution in [3.05, 3.63) is 30.0 Å². The highest BCUT2D eigenvalue weighted by Gasteiger charge is 2.38. The SMILES string of the molecule is CC1(C)CN(C(=O)C2CCCN(C(=O)c3ccc4[nH]ncc4c3)C2)CCC1N. The predicted octanol–water partition coefficient (Wildman–Crippen LogP) is 2.00. The number of hydrogen-bond donors (Lipinski definition) is 2. The van der Waals surface area contributed by atoms with Crippen LogP contribution in [0.25, 0.3) is 10.9 Å². The van der Waals surface area contributed by atoms with Crippen molar-refractivity contribution in [1.82, 2.24) is 20.0 Å². The van der Waals surface area contributed by atoms with Crippen LogP contribution in [0.3, 0.4) is 0 Å². The van der Waals surface area contributed by atoms with Crippen LogP contribution < -0.4 is 5.73 Å². The highest BCUT2D eigenvalue weighted by molar-refractivity contribution is 5.98. The third-order valence-corrected chi connectivity index (χ3v) is 6.37. The second kappa shape index (κ2) is 7.20. The monoisotopic (exact) mass is 383 g/mol. The number of nitrogens with zero attached hydrogens (tertiary/aromatic N) is 3. The van der Waals surface area contributed by atoms with Crippen molar-refractivity contribution in [1.29, 1.82) is 0 Å². The lowest BCUT2D eigenvalue weighted by Crippen LogP contribution is -2.56. The zero-order valence-electron chi connectivity index (χ0n) is 16.6. The number of nitrogens with two attached hydrogens (primary N) is 1. The van der Waals surface area contributed by atoms with Gasteiger partial charge in [0, 0.05) is 43.2 Å². The second-order valence-corrected chi connectivity index (χ2v) is 8.91. The normalized spacial score (nSPS) is 25.1. The Bertz CT molecular complexity index is 890. The van der Waals surface area contributed by atoms with Crippen molar-refractivity contribution >= 4 is 22.7 Å². The number of carbonyl (C=O) groups is 2. The minimum atomic E-state index is -0.125. The molecule has 2 aromatic rings. The van der Waals surface area contributed by atoms with E-state index in [0.29, 0.717) is 31.7 Å². The van der Waals surface area contributed by atoms with E-state index in [1.165, 1.54) is 0 Å². The first-order valence-corrected chi connectivity index (χ1v) is 10.1. The fourth-order valence-electron chi connectivity index (χ4n) is 4.44. The van der Waals surface area contributed by atoms with Crippen LogP contribution in [-0.2, 0) is 4.79 Å². The summed E-state index contributed by atoms with van der Waals surface area (Å²) in [5.74, 6) is 0.0323. The molecule has 1 aromatic heterocycles. The zero-order chi connectivity index (χ0) is 19.9. The molecule has 2 saturated heterocycles. The average molecular weight is 383 g/mol. The van der Waals surface area contributed by atoms with Crippen molar-refractivity contribution in [3.8, 4) is 0 Å². The maximum atomic E-state index is 13.1. The summed E-state index contributed by atoms with van der Waals surface area (Å²) >= 11 is 0. The van der Waals surface area contributed by atoms with Crippen LogP contribution in [-0.4, -0.2) is 64.0 Å². The van der Waals surface area contributed by atoms with Gasteiger partial charge in [-0.05, 0) is 42.9 Å². The first-order valence-electron chi connectivity index (χ1n) is 10.1. The molecular formula is C21H29N5O2. The van der Waals surface area contributed by atoms with Crippen molar-refractivity contribution in [3.63, 3.8) is 0 Å². The average Bonchev–Trinajstić information content (AvgIpc) is 3.16. The molecule has 0 radical (unpaired) electrons. The number of amides is 2. The van der Waals surface area contributed by atoms with E-state index in [0.717, 1.165) is 30.2 Å². The third kappa shape index (κ3) is 3.51. The molecule has 150 valence electrons. The first-order chi connectivity index (χ1) is 13.3. The summed E-state index contributed by atoms with van der Waals surface area (Å²) in [6.45, 7) is 6.84. The number of piperidine rings is 2. The van der Waals surface area contributed by atoms with E-state index in [2.05, 4.69) is 24.0 Å². The lowest BCUT2D eigenvalue weighted by atomic mass is 9.79. The van der Waals surface area contributed by atoms with E-state index in [1.807, 2.05) is 28.0 Å². The van der Waals surface area contributed by atoms with Gasteiger partial charge in [0.1, 0.15) is 0 Å². The van der Waals surface area contributed by atoms with Gasteiger partial charge in [-0.15, -0.1) is 0 Å². The molecule has 7 heteroatoms. The smallest absolute Gasteiger partial charge is 0.253 e. The Morgan fingerprint density at radius 1 is 1.21 bits per heavy atom. The highest BCUT2D eigenvalue weighted by Crippen LogP contribution is 2.30. The molecule has 28 heavy (non-hydrogen) atoms. The molecule has 2 unspecified atom stereocenters. The Labute approximate surface area is 165 Å². The summed E-state index contributed by atoms with van der Waals surface area (Å²) in [7, 11) is 0. The Kier molecular flexibility index (Phi) is 4.87. The van der Waals surface area contributed by atoms with Gasteiger partial charge >= 0.3 is 0 Å². The summed E-state index contributed by atoms with van der Waals surface area (Å²) in [4.78, 5) is 29.9. The molecule has 3 heterocycles. The van der Waals surface area contributed by atoms with E-state index in [1.54, 1.807) is 6.20 Å². The number of fused-ring (bicyclic) bond motifs is 1. The van der Waals surface area contributed by atoms with Gasteiger partial charge in [0.2, 0.25) is 5.91 Å². The van der Waals surface area contributed by atoms with Gasteiger partial charge in [-0.2, -0.15) is 5.10 Å². The second-order valence-electron chi connectivity index (χ2n) is 8.91. The molecule has 2 atom stereocenters. The number of likely N-dealkylation sites (tertiary alicyclic amines) is 2. The van der Waals surface area contributed by atoms with Gasteiger partial charge in [-0.25, -0.2) is 0 Å². The molecule has 0 spiro atoms. The van der Waals surface area contributed by atoms with E-state index in [4.69, 9.17) is 5.73 Å². The summed E-state index contributed by atoms with van der Waals surface area (Å²) in [5.41, 5.74) is 7.70. The number of rotatable bonds is 2. The number of hydrogen-bond acceptors (Lipinski definition) is 4. The molecule has 1 aromatic carbocycles. The topological polar surface area (TPSA) is 95.3 Å². The fraction of sp³-hybridized carbons (Fsp3) is 0.571. The number of carbonyl (C=O) groups excluding carboxylic acids is 2. The Morgan fingerprint density at radius 3 is 2.82 bits per heavy atom. The van der Waals surface area contributed by atoms with Crippen molar-refractivity contribution in [2.24, 2.45) is 17.1 Å². The summed E-state index contributed by atoms with van der Waals surface area (Å²) in [6.07, 6.45) is 4.25. The number of aromatic amines is 1. The lowest BCUT2D eigenvalue weighted by Gasteiger charge is -2.44. The minimum Gasteiger partial charge on any atom is -0.342 e. The predicted molar refractivity (Wildman–Crippen MR) is 108 cm³/mol. The van der Waals surface area contributed by atoms with Crippen molar-refractivity contribution in [2.45, 2.75) is 39.2 Å². The summed E-state index contributed by atoms with van der Waals surface area (Å²) in [6, 6.07) is 5.68. The third-order valence-electron chi connectivity index (χ3n) is 6.37. The van der Waals surface area contributed by atoms with Crippen LogP contribution in [0.5, 0.6) is 0 Å². The Morgan fingerprint density at radius 2 is 2.04 bits per heavy atom. The fourth-order valence-corrected chi connectivity index (χ4v) is 4.44. The van der Waals surface area contributed by atoms with Gasteiger partial charge in [0.15, 0.2) is 0 Å².